The SMILES string of the molecule is CCOc1ccccc1NC(=O)c1cnoc1-c1ccccc1. The summed E-state index contributed by atoms with van der Waals surface area (Å²) in [6, 6.07) is 16.7. The van der Waals surface area contributed by atoms with Crippen LogP contribution in [0.4, 0.5) is 5.69 Å². The summed E-state index contributed by atoms with van der Waals surface area (Å²) < 4.78 is 10.8. The summed E-state index contributed by atoms with van der Waals surface area (Å²) in [6.45, 7) is 2.42. The van der Waals surface area contributed by atoms with Gasteiger partial charge in [-0.05, 0) is 19.1 Å². The Morgan fingerprint density at radius 1 is 1.13 bits per heavy atom. The summed E-state index contributed by atoms with van der Waals surface area (Å²) in [6.07, 6.45) is 1.42. The minimum absolute atomic E-state index is 0.294. The van der Waals surface area contributed by atoms with E-state index in [1.54, 1.807) is 6.07 Å². The van der Waals surface area contributed by atoms with Gasteiger partial charge in [0.25, 0.3) is 5.91 Å². The number of nitrogens with one attached hydrogen (secondary N) is 1. The first-order valence-corrected chi connectivity index (χ1v) is 7.33. The topological polar surface area (TPSA) is 64.4 Å². The van der Waals surface area contributed by atoms with Crippen molar-refractivity contribution < 1.29 is 14.1 Å². The quantitative estimate of drug-likeness (QED) is 0.774. The largest absolute Gasteiger partial charge is 0.492 e. The number of nitrogens with zero attached hydrogens (tertiary/aromatic N) is 1. The molecule has 5 heteroatoms. The zero-order valence-corrected chi connectivity index (χ0v) is 12.7. The Morgan fingerprint density at radius 2 is 1.87 bits per heavy atom. The van der Waals surface area contributed by atoms with Crippen molar-refractivity contribution in [3.05, 3.63) is 66.4 Å². The van der Waals surface area contributed by atoms with Gasteiger partial charge in [0.15, 0.2) is 5.76 Å². The van der Waals surface area contributed by atoms with Crippen LogP contribution in [0.25, 0.3) is 11.3 Å². The van der Waals surface area contributed by atoms with E-state index in [1.807, 2.05) is 55.5 Å². The molecule has 1 amide bonds. The second kappa shape index (κ2) is 6.79. The van der Waals surface area contributed by atoms with Crippen molar-refractivity contribution >= 4 is 11.6 Å². The van der Waals surface area contributed by atoms with Crippen LogP contribution >= 0.6 is 0 Å². The van der Waals surface area contributed by atoms with E-state index in [0.717, 1.165) is 5.56 Å². The molecule has 0 bridgehead atoms. The lowest BCUT2D eigenvalue weighted by Gasteiger charge is -2.10. The van der Waals surface area contributed by atoms with Gasteiger partial charge in [-0.2, -0.15) is 0 Å². The van der Waals surface area contributed by atoms with Gasteiger partial charge in [0, 0.05) is 5.56 Å². The molecule has 1 heterocycles. The highest BCUT2D eigenvalue weighted by Gasteiger charge is 2.18. The van der Waals surface area contributed by atoms with Crippen molar-refractivity contribution in [2.24, 2.45) is 0 Å². The molecule has 0 aliphatic heterocycles. The summed E-state index contributed by atoms with van der Waals surface area (Å²) in [5.74, 6) is 0.773. The van der Waals surface area contributed by atoms with E-state index >= 15 is 0 Å². The van der Waals surface area contributed by atoms with Crippen LogP contribution in [0.5, 0.6) is 5.75 Å². The second-order valence-electron chi connectivity index (χ2n) is 4.82. The molecule has 1 N–H and O–H groups in total. The molecule has 0 aliphatic carbocycles. The van der Waals surface area contributed by atoms with Crippen molar-refractivity contribution in [1.82, 2.24) is 5.16 Å². The van der Waals surface area contributed by atoms with Crippen molar-refractivity contribution in [3.8, 4) is 17.1 Å². The predicted octanol–water partition coefficient (Wildman–Crippen LogP) is 3.99. The molecule has 23 heavy (non-hydrogen) atoms. The van der Waals surface area contributed by atoms with Crippen LogP contribution < -0.4 is 10.1 Å². The molecular weight excluding hydrogens is 292 g/mol. The number of para-hydroxylation sites is 2. The molecule has 2 aromatic carbocycles. The van der Waals surface area contributed by atoms with Gasteiger partial charge in [0.1, 0.15) is 11.3 Å². The van der Waals surface area contributed by atoms with E-state index < -0.39 is 0 Å². The number of carbonyl (C=O) groups is 1. The third-order valence-corrected chi connectivity index (χ3v) is 3.29. The minimum atomic E-state index is -0.294. The summed E-state index contributed by atoms with van der Waals surface area (Å²) in [5.41, 5.74) is 1.79. The summed E-state index contributed by atoms with van der Waals surface area (Å²) in [7, 11) is 0. The van der Waals surface area contributed by atoms with Crippen LogP contribution in [0.15, 0.2) is 65.3 Å². The molecule has 0 saturated heterocycles. The number of hydrogen-bond acceptors (Lipinski definition) is 4. The number of amides is 1. The molecule has 116 valence electrons. The van der Waals surface area contributed by atoms with Crippen LogP contribution in [0.1, 0.15) is 17.3 Å². The first-order chi connectivity index (χ1) is 11.3. The normalized spacial score (nSPS) is 10.3. The fourth-order valence-electron chi connectivity index (χ4n) is 2.24. The zero-order valence-electron chi connectivity index (χ0n) is 12.7. The maximum atomic E-state index is 12.6. The highest BCUT2D eigenvalue weighted by molar-refractivity contribution is 6.08. The van der Waals surface area contributed by atoms with E-state index in [9.17, 15) is 4.79 Å². The molecule has 0 saturated carbocycles. The van der Waals surface area contributed by atoms with Crippen LogP contribution in [-0.2, 0) is 0 Å². The fourth-order valence-corrected chi connectivity index (χ4v) is 2.24. The average Bonchev–Trinajstić information content (AvgIpc) is 3.07. The van der Waals surface area contributed by atoms with E-state index in [0.29, 0.717) is 29.4 Å². The molecule has 5 nitrogen and oxygen atoms in total. The lowest BCUT2D eigenvalue weighted by Crippen LogP contribution is -2.13. The Kier molecular flexibility index (Phi) is 4.38. The van der Waals surface area contributed by atoms with Gasteiger partial charge in [0.05, 0.1) is 18.5 Å². The number of anilines is 1. The molecule has 0 fully saturated rings. The summed E-state index contributed by atoms with van der Waals surface area (Å²) in [4.78, 5) is 12.6. The van der Waals surface area contributed by atoms with Gasteiger partial charge >= 0.3 is 0 Å². The predicted molar refractivity (Wildman–Crippen MR) is 87.5 cm³/mol. The highest BCUT2D eigenvalue weighted by Crippen LogP contribution is 2.27. The van der Waals surface area contributed by atoms with E-state index in [1.165, 1.54) is 6.20 Å². The molecule has 0 radical (unpaired) electrons. The number of rotatable bonds is 5. The number of carbonyl (C=O) groups excluding carboxylic acids is 1. The maximum absolute atomic E-state index is 12.6. The molecule has 0 atom stereocenters. The van der Waals surface area contributed by atoms with Gasteiger partial charge in [-0.3, -0.25) is 4.79 Å². The molecule has 3 aromatic rings. The van der Waals surface area contributed by atoms with Gasteiger partial charge in [-0.15, -0.1) is 0 Å². The van der Waals surface area contributed by atoms with Crippen molar-refractivity contribution in [2.45, 2.75) is 6.92 Å². The third-order valence-electron chi connectivity index (χ3n) is 3.29. The summed E-state index contributed by atoms with van der Waals surface area (Å²) >= 11 is 0. The van der Waals surface area contributed by atoms with Gasteiger partial charge in [-0.25, -0.2) is 0 Å². The Labute approximate surface area is 133 Å². The molecule has 0 spiro atoms. The van der Waals surface area contributed by atoms with Gasteiger partial charge < -0.3 is 14.6 Å². The third kappa shape index (κ3) is 3.23. The zero-order chi connectivity index (χ0) is 16.1. The van der Waals surface area contributed by atoms with Gasteiger partial charge in [-0.1, -0.05) is 47.6 Å². The van der Waals surface area contributed by atoms with Gasteiger partial charge in [0.2, 0.25) is 0 Å². The molecule has 1 aromatic heterocycles. The van der Waals surface area contributed by atoms with Crippen LogP contribution in [0.3, 0.4) is 0 Å². The Morgan fingerprint density at radius 3 is 2.65 bits per heavy atom. The van der Waals surface area contributed by atoms with Crippen LogP contribution in [0, 0.1) is 0 Å². The second-order valence-corrected chi connectivity index (χ2v) is 4.82. The first kappa shape index (κ1) is 14.8. The van der Waals surface area contributed by atoms with E-state index in [2.05, 4.69) is 10.5 Å². The maximum Gasteiger partial charge on any atom is 0.261 e. The number of ether oxygens (including phenoxy) is 1. The van der Waals surface area contributed by atoms with Crippen molar-refractivity contribution in [3.63, 3.8) is 0 Å². The number of benzene rings is 2. The molecular formula is C18H16N2O3. The lowest BCUT2D eigenvalue weighted by atomic mass is 10.1. The van der Waals surface area contributed by atoms with E-state index in [4.69, 9.17) is 9.26 Å². The Balaban J connectivity index is 1.87. The van der Waals surface area contributed by atoms with Crippen LogP contribution in [-0.4, -0.2) is 17.7 Å². The Hall–Kier alpha value is -3.08. The number of aromatic nitrogens is 1. The van der Waals surface area contributed by atoms with E-state index in [-0.39, 0.29) is 5.91 Å². The van der Waals surface area contributed by atoms with Crippen molar-refractivity contribution in [1.29, 1.82) is 0 Å². The molecule has 0 unspecified atom stereocenters. The smallest absolute Gasteiger partial charge is 0.261 e. The lowest BCUT2D eigenvalue weighted by molar-refractivity contribution is 0.102. The van der Waals surface area contributed by atoms with Crippen molar-refractivity contribution in [2.75, 3.05) is 11.9 Å². The monoisotopic (exact) mass is 308 g/mol. The standard InChI is InChI=1S/C18H16N2O3/c1-2-22-16-11-7-6-10-15(16)20-18(21)14-12-19-23-17(14)13-8-4-3-5-9-13/h3-12H,2H2,1H3,(H,20,21). The van der Waals surface area contributed by atoms with Crippen LogP contribution in [0.2, 0.25) is 0 Å². The fraction of sp³-hybridized carbons (Fsp3) is 0.111. The average molecular weight is 308 g/mol. The molecule has 0 aliphatic rings. The molecule has 3 rings (SSSR count). The first-order valence-electron chi connectivity index (χ1n) is 7.33. The Bertz CT molecular complexity index is 797. The summed E-state index contributed by atoms with van der Waals surface area (Å²) in [5, 5.41) is 6.60. The number of hydrogen-bond donors (Lipinski definition) is 1. The highest BCUT2D eigenvalue weighted by atomic mass is 16.5. The minimum Gasteiger partial charge on any atom is -0.492 e.